The van der Waals surface area contributed by atoms with E-state index in [2.05, 4.69) is 65.5 Å². The third-order valence-electron chi connectivity index (χ3n) is 8.97. The Balaban J connectivity index is 1.50. The molecule has 3 aromatic heterocycles. The first kappa shape index (κ1) is 36.5. The first-order valence-corrected chi connectivity index (χ1v) is 17.8. The third kappa shape index (κ3) is 9.60. The summed E-state index contributed by atoms with van der Waals surface area (Å²) in [5.74, 6) is 0.385. The predicted molar refractivity (Wildman–Crippen MR) is 189 cm³/mol. The Kier molecular flexibility index (Phi) is 14.3. The van der Waals surface area contributed by atoms with Crippen molar-refractivity contribution < 1.29 is 9.59 Å². The van der Waals surface area contributed by atoms with Crippen LogP contribution in [0.15, 0.2) is 48.7 Å². The molecule has 0 saturated heterocycles. The summed E-state index contributed by atoms with van der Waals surface area (Å²) in [6.07, 6.45) is 12.0. The summed E-state index contributed by atoms with van der Waals surface area (Å²) < 4.78 is 3.49. The zero-order valence-electron chi connectivity index (χ0n) is 29.3. The summed E-state index contributed by atoms with van der Waals surface area (Å²) in [6.45, 7) is 13.1. The van der Waals surface area contributed by atoms with Gasteiger partial charge in [0.15, 0.2) is 5.82 Å². The summed E-state index contributed by atoms with van der Waals surface area (Å²) in [5.41, 5.74) is 4.95. The Hall–Kier alpha value is -4.36. The second kappa shape index (κ2) is 18.8. The molecule has 0 aliphatic heterocycles. The Morgan fingerprint density at radius 3 is 2.23 bits per heavy atom. The van der Waals surface area contributed by atoms with Crippen molar-refractivity contribution in [2.45, 2.75) is 105 Å². The summed E-state index contributed by atoms with van der Waals surface area (Å²) in [5, 5.41) is 20.7. The molecule has 0 aliphatic rings. The van der Waals surface area contributed by atoms with Crippen molar-refractivity contribution in [3.05, 3.63) is 82.4 Å². The highest BCUT2D eigenvalue weighted by atomic mass is 16.2. The maximum atomic E-state index is 14.0. The number of amides is 1. The minimum Gasteiger partial charge on any atom is -0.331 e. The zero-order chi connectivity index (χ0) is 34.3. The molecule has 0 bridgehead atoms. The average molecular weight is 653 g/mol. The molecule has 256 valence electrons. The van der Waals surface area contributed by atoms with Crippen molar-refractivity contribution in [1.82, 2.24) is 34.4 Å². The number of carbonyl (C=O) groups excluding carboxylic acids is 2. The fraction of sp³-hybridized carbons (Fsp3) is 0.526. The lowest BCUT2D eigenvalue weighted by atomic mass is 10.00. The molecule has 4 aromatic rings. The molecule has 3 heterocycles. The number of hydrogen-bond acceptors (Lipinski definition) is 7. The highest BCUT2D eigenvalue weighted by Crippen LogP contribution is 2.24. The van der Waals surface area contributed by atoms with Crippen molar-refractivity contribution in [1.29, 1.82) is 5.26 Å². The van der Waals surface area contributed by atoms with Gasteiger partial charge in [0.25, 0.3) is 5.91 Å². The summed E-state index contributed by atoms with van der Waals surface area (Å²) >= 11 is 0. The minimum absolute atomic E-state index is 0.00331. The third-order valence-corrected chi connectivity index (χ3v) is 8.97. The van der Waals surface area contributed by atoms with Gasteiger partial charge < -0.3 is 14.2 Å². The minimum atomic E-state index is -0.145. The number of carbonyl (C=O) groups is 2. The molecule has 0 unspecified atom stereocenters. The molecule has 1 amide bonds. The van der Waals surface area contributed by atoms with Crippen LogP contribution < -0.4 is 0 Å². The van der Waals surface area contributed by atoms with Gasteiger partial charge in [-0.05, 0) is 105 Å². The van der Waals surface area contributed by atoms with Gasteiger partial charge in [-0.15, -0.1) is 5.10 Å². The quantitative estimate of drug-likeness (QED) is 0.0899. The first-order valence-electron chi connectivity index (χ1n) is 17.8. The van der Waals surface area contributed by atoms with Crippen molar-refractivity contribution in [3.8, 4) is 6.07 Å². The molecule has 10 heteroatoms. The number of hydrogen-bond donors (Lipinski definition) is 0. The van der Waals surface area contributed by atoms with E-state index in [1.54, 1.807) is 15.6 Å². The topological polar surface area (TPSA) is 112 Å². The van der Waals surface area contributed by atoms with E-state index in [1.165, 1.54) is 44.3 Å². The van der Waals surface area contributed by atoms with Crippen LogP contribution >= 0.6 is 0 Å². The lowest BCUT2D eigenvalue weighted by Crippen LogP contribution is -2.31. The van der Waals surface area contributed by atoms with E-state index >= 15 is 0 Å². The monoisotopic (exact) mass is 652 g/mol. The number of fused-ring (bicyclic) bond motifs is 1. The average Bonchev–Trinajstić information content (AvgIpc) is 3.72. The van der Waals surface area contributed by atoms with Crippen LogP contribution in [-0.2, 0) is 25.9 Å². The number of aromatic nitrogens is 5. The van der Waals surface area contributed by atoms with Crippen LogP contribution in [0.2, 0.25) is 0 Å². The molecule has 10 nitrogen and oxygen atoms in total. The molecular formula is C38H52N8O2. The van der Waals surface area contributed by atoms with Gasteiger partial charge in [0, 0.05) is 29.4 Å². The normalized spacial score (nSPS) is 11.3. The molecule has 0 N–H and O–H groups in total. The smallest absolute Gasteiger partial charge is 0.254 e. The second-order valence-corrected chi connectivity index (χ2v) is 12.6. The Labute approximate surface area is 285 Å². The molecule has 0 aliphatic carbocycles. The van der Waals surface area contributed by atoms with E-state index in [1.807, 2.05) is 35.7 Å². The van der Waals surface area contributed by atoms with Gasteiger partial charge in [0.05, 0.1) is 31.3 Å². The van der Waals surface area contributed by atoms with E-state index in [9.17, 15) is 9.59 Å². The van der Waals surface area contributed by atoms with Crippen molar-refractivity contribution >= 4 is 17.2 Å². The van der Waals surface area contributed by atoms with Gasteiger partial charge in [-0.25, -0.2) is 4.68 Å². The van der Waals surface area contributed by atoms with E-state index in [0.29, 0.717) is 35.7 Å². The number of nitriles is 1. The number of rotatable bonds is 21. The molecular weight excluding hydrogens is 600 g/mol. The van der Waals surface area contributed by atoms with E-state index < -0.39 is 0 Å². The Morgan fingerprint density at radius 1 is 0.854 bits per heavy atom. The van der Waals surface area contributed by atoms with E-state index in [0.717, 1.165) is 49.7 Å². The highest BCUT2D eigenvalue weighted by Gasteiger charge is 2.22. The van der Waals surface area contributed by atoms with Gasteiger partial charge >= 0.3 is 0 Å². The first-order chi connectivity index (χ1) is 23.4. The second-order valence-electron chi connectivity index (χ2n) is 12.6. The molecule has 0 spiro atoms. The molecule has 4 rings (SSSR count). The number of ketones is 1. The molecule has 48 heavy (non-hydrogen) atoms. The summed E-state index contributed by atoms with van der Waals surface area (Å²) in [6, 6.07) is 15.9. The van der Waals surface area contributed by atoms with Crippen LogP contribution in [0.5, 0.6) is 0 Å². The maximum Gasteiger partial charge on any atom is 0.254 e. The largest absolute Gasteiger partial charge is 0.331 e. The number of aryl methyl sites for hydroxylation is 3. The van der Waals surface area contributed by atoms with Crippen molar-refractivity contribution in [2.75, 3.05) is 26.2 Å². The SMILES string of the molecule is CCCCc1cc2cc(C(=O)N(CC)Cc3nnnn3CCC#N)ccn2c1C(=O)c1ccc(CCCN(CCCC)CCCC)cc1. The fourth-order valence-corrected chi connectivity index (χ4v) is 6.09. The zero-order valence-corrected chi connectivity index (χ0v) is 29.3. The van der Waals surface area contributed by atoms with Crippen LogP contribution in [0, 0.1) is 11.3 Å². The molecule has 0 saturated carbocycles. The van der Waals surface area contributed by atoms with Crippen molar-refractivity contribution in [2.24, 2.45) is 0 Å². The number of pyridine rings is 1. The van der Waals surface area contributed by atoms with Gasteiger partial charge in [0.2, 0.25) is 5.78 Å². The van der Waals surface area contributed by atoms with Crippen LogP contribution in [0.4, 0.5) is 0 Å². The number of tetrazole rings is 1. The Bertz CT molecular complexity index is 1640. The number of benzene rings is 1. The standard InChI is InChI=1S/C38H52N8O2/c1-5-9-15-32-27-34-28-33(38(48)44(8-4)29-35-40-41-42-46(35)25-13-21-39)20-26-45(34)36(32)37(47)31-18-16-30(17-19-31)14-12-24-43(22-10-6-2)23-11-7-3/h16-20,26-28H,5-15,22-25,29H2,1-4H3. The molecule has 1 aromatic carbocycles. The van der Waals surface area contributed by atoms with Gasteiger partial charge in [-0.3, -0.25) is 9.59 Å². The van der Waals surface area contributed by atoms with Crippen molar-refractivity contribution in [3.63, 3.8) is 0 Å². The van der Waals surface area contributed by atoms with Crippen LogP contribution in [0.3, 0.4) is 0 Å². The lowest BCUT2D eigenvalue weighted by Gasteiger charge is -2.21. The molecule has 0 radical (unpaired) electrons. The lowest BCUT2D eigenvalue weighted by molar-refractivity contribution is 0.0746. The maximum absolute atomic E-state index is 14.0. The van der Waals surface area contributed by atoms with Crippen LogP contribution in [-0.4, -0.2) is 72.3 Å². The number of unbranched alkanes of at least 4 members (excludes halogenated alkanes) is 3. The van der Waals surface area contributed by atoms with Gasteiger partial charge in [-0.2, -0.15) is 5.26 Å². The van der Waals surface area contributed by atoms with Gasteiger partial charge in [0.1, 0.15) is 0 Å². The van der Waals surface area contributed by atoms with Crippen LogP contribution in [0.25, 0.3) is 5.52 Å². The number of nitrogens with zero attached hydrogens (tertiary/aromatic N) is 8. The Morgan fingerprint density at radius 2 is 1.56 bits per heavy atom. The van der Waals surface area contributed by atoms with Gasteiger partial charge in [-0.1, -0.05) is 64.3 Å². The summed E-state index contributed by atoms with van der Waals surface area (Å²) in [4.78, 5) is 32.0. The van der Waals surface area contributed by atoms with Crippen LogP contribution in [0.1, 0.15) is 122 Å². The highest BCUT2D eigenvalue weighted by molar-refractivity contribution is 6.10. The predicted octanol–water partition coefficient (Wildman–Crippen LogP) is 6.91. The van der Waals surface area contributed by atoms with E-state index in [-0.39, 0.29) is 24.7 Å². The summed E-state index contributed by atoms with van der Waals surface area (Å²) in [7, 11) is 0. The molecule has 0 atom stereocenters. The van der Waals surface area contributed by atoms with E-state index in [4.69, 9.17) is 5.26 Å². The molecule has 0 fully saturated rings. The fourth-order valence-electron chi connectivity index (χ4n) is 6.09.